The third-order valence-corrected chi connectivity index (χ3v) is 3.68. The Hall–Kier alpha value is -2.94. The van der Waals surface area contributed by atoms with Crippen molar-refractivity contribution >= 4 is 39.2 Å². The molecule has 0 aliphatic rings. The number of halogens is 1. The molecule has 1 N–H and O–H groups in total. The number of esters is 1. The second kappa shape index (κ2) is 8.95. The zero-order valence-electron chi connectivity index (χ0n) is 13.7. The third kappa shape index (κ3) is 5.55. The number of anilines is 1. The maximum atomic E-state index is 12.1. The van der Waals surface area contributed by atoms with Crippen LogP contribution >= 0.6 is 15.9 Å². The summed E-state index contributed by atoms with van der Waals surface area (Å²) in [6.07, 6.45) is -1.14. The number of carbonyl (C=O) groups excluding carboxylic acids is 2. The van der Waals surface area contributed by atoms with E-state index in [1.54, 1.807) is 30.3 Å². The van der Waals surface area contributed by atoms with Gasteiger partial charge in [-0.2, -0.15) is 0 Å². The van der Waals surface area contributed by atoms with Gasteiger partial charge < -0.3 is 14.8 Å². The molecule has 0 aromatic heterocycles. The Labute approximate surface area is 157 Å². The van der Waals surface area contributed by atoms with Crippen molar-refractivity contribution < 1.29 is 24.0 Å². The summed E-state index contributed by atoms with van der Waals surface area (Å²) in [6.45, 7) is 0.987. The van der Waals surface area contributed by atoms with Gasteiger partial charge in [0.05, 0.1) is 4.92 Å². The molecule has 9 heteroatoms. The zero-order chi connectivity index (χ0) is 19.1. The average molecular weight is 423 g/mol. The molecular formula is C17H15BrN2O6. The first-order valence-electron chi connectivity index (χ1n) is 7.49. The standard InChI is InChI=1S/C17H15BrN2O6/c1-11(17(22)19-14-7-2-3-8-15(14)20(23)24)26-16(21)10-25-13-6-4-5-12(18)9-13/h2-9,11H,10H2,1H3,(H,19,22). The molecule has 0 heterocycles. The van der Waals surface area contributed by atoms with Crippen molar-refractivity contribution in [3.63, 3.8) is 0 Å². The second-order valence-corrected chi connectivity index (χ2v) is 6.06. The van der Waals surface area contributed by atoms with E-state index >= 15 is 0 Å². The van der Waals surface area contributed by atoms with Crippen LogP contribution < -0.4 is 10.1 Å². The van der Waals surface area contributed by atoms with Gasteiger partial charge in [-0.05, 0) is 31.2 Å². The molecule has 2 aromatic rings. The smallest absolute Gasteiger partial charge is 0.344 e. The first-order valence-corrected chi connectivity index (χ1v) is 8.28. The molecule has 0 radical (unpaired) electrons. The van der Waals surface area contributed by atoms with Crippen molar-refractivity contribution in [2.45, 2.75) is 13.0 Å². The minimum atomic E-state index is -1.14. The zero-order valence-corrected chi connectivity index (χ0v) is 15.3. The maximum absolute atomic E-state index is 12.1. The first-order chi connectivity index (χ1) is 12.4. The van der Waals surface area contributed by atoms with Crippen molar-refractivity contribution in [3.8, 4) is 5.75 Å². The summed E-state index contributed by atoms with van der Waals surface area (Å²) in [5.74, 6) is -0.960. The van der Waals surface area contributed by atoms with E-state index in [0.29, 0.717) is 5.75 Å². The van der Waals surface area contributed by atoms with Gasteiger partial charge >= 0.3 is 5.97 Å². The lowest BCUT2D eigenvalue weighted by molar-refractivity contribution is -0.383. The van der Waals surface area contributed by atoms with Crippen LogP contribution in [0.5, 0.6) is 5.75 Å². The Balaban J connectivity index is 1.88. The molecular weight excluding hydrogens is 408 g/mol. The Morgan fingerprint density at radius 3 is 2.65 bits per heavy atom. The van der Waals surface area contributed by atoms with Crippen molar-refractivity contribution in [1.82, 2.24) is 0 Å². The Kier molecular flexibility index (Phi) is 6.67. The van der Waals surface area contributed by atoms with Gasteiger partial charge in [0.15, 0.2) is 12.7 Å². The summed E-state index contributed by atoms with van der Waals surface area (Å²) in [5.41, 5.74) is -0.229. The number of ether oxygens (including phenoxy) is 2. The lowest BCUT2D eigenvalue weighted by Crippen LogP contribution is -2.31. The number of hydrogen-bond donors (Lipinski definition) is 1. The van der Waals surface area contributed by atoms with E-state index in [1.807, 2.05) is 0 Å². The first kappa shape index (κ1) is 19.4. The van der Waals surface area contributed by atoms with Gasteiger partial charge in [-0.25, -0.2) is 4.79 Å². The van der Waals surface area contributed by atoms with Gasteiger partial charge in [-0.15, -0.1) is 0 Å². The Morgan fingerprint density at radius 1 is 1.23 bits per heavy atom. The van der Waals surface area contributed by atoms with E-state index in [0.717, 1.165) is 4.47 Å². The van der Waals surface area contributed by atoms with Gasteiger partial charge in [0.1, 0.15) is 11.4 Å². The maximum Gasteiger partial charge on any atom is 0.344 e. The molecule has 0 spiro atoms. The quantitative estimate of drug-likeness (QED) is 0.416. The van der Waals surface area contributed by atoms with Crippen LogP contribution in [0.3, 0.4) is 0 Å². The number of carbonyl (C=O) groups is 2. The fraction of sp³-hybridized carbons (Fsp3) is 0.176. The predicted molar refractivity (Wildman–Crippen MR) is 96.9 cm³/mol. The number of para-hydroxylation sites is 2. The van der Waals surface area contributed by atoms with Crippen LogP contribution in [0.25, 0.3) is 0 Å². The van der Waals surface area contributed by atoms with Gasteiger partial charge in [-0.3, -0.25) is 14.9 Å². The van der Waals surface area contributed by atoms with Gasteiger partial charge in [0, 0.05) is 10.5 Å². The molecule has 26 heavy (non-hydrogen) atoms. The molecule has 0 aliphatic carbocycles. The van der Waals surface area contributed by atoms with Crippen LogP contribution in [0.4, 0.5) is 11.4 Å². The molecule has 8 nitrogen and oxygen atoms in total. The van der Waals surface area contributed by atoms with Crippen molar-refractivity contribution in [2.75, 3.05) is 11.9 Å². The van der Waals surface area contributed by atoms with E-state index in [2.05, 4.69) is 21.2 Å². The summed E-state index contributed by atoms with van der Waals surface area (Å²) >= 11 is 3.28. The highest BCUT2D eigenvalue weighted by Crippen LogP contribution is 2.23. The normalized spacial score (nSPS) is 11.3. The highest BCUT2D eigenvalue weighted by atomic mass is 79.9. The second-order valence-electron chi connectivity index (χ2n) is 5.14. The lowest BCUT2D eigenvalue weighted by Gasteiger charge is -2.14. The number of hydrogen-bond acceptors (Lipinski definition) is 6. The molecule has 2 aromatic carbocycles. The molecule has 0 aliphatic heterocycles. The number of rotatable bonds is 7. The van der Waals surface area contributed by atoms with Crippen LogP contribution in [-0.4, -0.2) is 29.5 Å². The van der Waals surface area contributed by atoms with Crippen LogP contribution in [0.2, 0.25) is 0 Å². The fourth-order valence-corrected chi connectivity index (χ4v) is 2.33. The molecule has 2 rings (SSSR count). The predicted octanol–water partition coefficient (Wildman–Crippen LogP) is 3.31. The van der Waals surface area contributed by atoms with E-state index in [4.69, 9.17) is 9.47 Å². The number of nitrogens with zero attached hydrogens (tertiary/aromatic N) is 1. The Bertz CT molecular complexity index is 826. The molecule has 0 fully saturated rings. The lowest BCUT2D eigenvalue weighted by atomic mass is 10.2. The molecule has 1 atom stereocenters. The van der Waals surface area contributed by atoms with Crippen molar-refractivity contribution in [1.29, 1.82) is 0 Å². The number of nitrogens with one attached hydrogen (secondary N) is 1. The van der Waals surface area contributed by atoms with Crippen molar-refractivity contribution in [3.05, 3.63) is 63.1 Å². The summed E-state index contributed by atoms with van der Waals surface area (Å²) in [7, 11) is 0. The van der Waals surface area contributed by atoms with Gasteiger partial charge in [-0.1, -0.05) is 34.1 Å². The topological polar surface area (TPSA) is 108 Å². The average Bonchev–Trinajstić information content (AvgIpc) is 2.60. The molecule has 1 unspecified atom stereocenters. The minimum absolute atomic E-state index is 0.0239. The SMILES string of the molecule is CC(OC(=O)COc1cccc(Br)c1)C(=O)Nc1ccccc1[N+](=O)[O-]. The molecule has 136 valence electrons. The summed E-state index contributed by atoms with van der Waals surface area (Å²) in [4.78, 5) is 34.2. The Morgan fingerprint density at radius 2 is 1.96 bits per heavy atom. The highest BCUT2D eigenvalue weighted by Gasteiger charge is 2.21. The number of amides is 1. The third-order valence-electron chi connectivity index (χ3n) is 3.19. The molecule has 1 amide bonds. The van der Waals surface area contributed by atoms with Gasteiger partial charge in [0.25, 0.3) is 11.6 Å². The van der Waals surface area contributed by atoms with Crippen LogP contribution in [-0.2, 0) is 14.3 Å². The molecule has 0 saturated heterocycles. The minimum Gasteiger partial charge on any atom is -0.482 e. The van der Waals surface area contributed by atoms with Crippen LogP contribution in [0.1, 0.15) is 6.92 Å². The van der Waals surface area contributed by atoms with Crippen LogP contribution in [0, 0.1) is 10.1 Å². The van der Waals surface area contributed by atoms with E-state index in [1.165, 1.54) is 25.1 Å². The molecule has 0 saturated carbocycles. The van der Waals surface area contributed by atoms with Crippen molar-refractivity contribution in [2.24, 2.45) is 0 Å². The van der Waals surface area contributed by atoms with E-state index in [-0.39, 0.29) is 18.0 Å². The molecule has 0 bridgehead atoms. The summed E-state index contributed by atoms with van der Waals surface area (Å²) in [5, 5.41) is 13.3. The fourth-order valence-electron chi connectivity index (χ4n) is 1.96. The monoisotopic (exact) mass is 422 g/mol. The highest BCUT2D eigenvalue weighted by molar-refractivity contribution is 9.10. The van der Waals surface area contributed by atoms with Crippen LogP contribution in [0.15, 0.2) is 53.0 Å². The van der Waals surface area contributed by atoms with Gasteiger partial charge in [0.2, 0.25) is 0 Å². The number of nitro groups is 1. The van der Waals surface area contributed by atoms with E-state index < -0.39 is 22.9 Å². The largest absolute Gasteiger partial charge is 0.482 e. The number of nitro benzene ring substituents is 1. The summed E-state index contributed by atoms with van der Waals surface area (Å²) < 4.78 is 11.0. The summed E-state index contributed by atoms with van der Waals surface area (Å²) in [6, 6.07) is 12.6. The number of benzene rings is 2. The van der Waals surface area contributed by atoms with E-state index in [9.17, 15) is 19.7 Å².